The zero-order valence-corrected chi connectivity index (χ0v) is 17.4. The fourth-order valence-electron chi connectivity index (χ4n) is 3.20. The third-order valence-electron chi connectivity index (χ3n) is 4.53. The summed E-state index contributed by atoms with van der Waals surface area (Å²) < 4.78 is 19.5. The summed E-state index contributed by atoms with van der Waals surface area (Å²) in [6.07, 6.45) is 0. The normalized spacial score (nSPS) is 12.0. The van der Waals surface area contributed by atoms with Gasteiger partial charge in [-0.3, -0.25) is 9.59 Å². The zero-order valence-electron chi connectivity index (χ0n) is 16.6. The van der Waals surface area contributed by atoms with Crippen molar-refractivity contribution in [3.63, 3.8) is 0 Å². The Hall–Kier alpha value is -3.23. The number of carbonyl (C=O) groups is 1. The van der Waals surface area contributed by atoms with E-state index in [9.17, 15) is 9.59 Å². The molecule has 8 heteroatoms. The maximum atomic E-state index is 12.9. The molecule has 4 rings (SSSR count). The van der Waals surface area contributed by atoms with Gasteiger partial charge in [0.15, 0.2) is 16.0 Å². The van der Waals surface area contributed by atoms with Gasteiger partial charge in [0.1, 0.15) is 16.8 Å². The highest BCUT2D eigenvalue weighted by molar-refractivity contribution is 7.16. The third kappa shape index (κ3) is 3.79. The maximum absolute atomic E-state index is 12.9. The van der Waals surface area contributed by atoms with Gasteiger partial charge in [-0.05, 0) is 31.2 Å². The molecule has 0 bridgehead atoms. The van der Waals surface area contributed by atoms with Crippen molar-refractivity contribution in [1.29, 1.82) is 0 Å². The first kappa shape index (κ1) is 20.1. The number of thiazole rings is 1. The Balaban J connectivity index is 1.86. The zero-order chi connectivity index (χ0) is 21.1. The predicted octanol–water partition coefficient (Wildman–Crippen LogP) is 3.60. The molecule has 7 nitrogen and oxygen atoms in total. The minimum atomic E-state index is -0.617. The van der Waals surface area contributed by atoms with Crippen LogP contribution in [-0.4, -0.2) is 30.8 Å². The van der Waals surface area contributed by atoms with Crippen LogP contribution in [0.1, 0.15) is 17.5 Å². The van der Waals surface area contributed by atoms with E-state index in [2.05, 4.69) is 4.99 Å². The summed E-state index contributed by atoms with van der Waals surface area (Å²) in [4.78, 5) is 29.9. The van der Waals surface area contributed by atoms with Gasteiger partial charge < -0.3 is 18.5 Å². The molecule has 154 valence electrons. The molecule has 0 N–H and O–H groups in total. The second-order valence-electron chi connectivity index (χ2n) is 6.45. The first-order valence-electron chi connectivity index (χ1n) is 9.48. The highest BCUT2D eigenvalue weighted by Crippen LogP contribution is 2.27. The number of ether oxygens (including phenoxy) is 2. The van der Waals surface area contributed by atoms with Gasteiger partial charge in [-0.2, -0.15) is 4.99 Å². The number of hydrogen-bond acceptors (Lipinski definition) is 6. The minimum Gasteiger partial charge on any atom is -0.492 e. The van der Waals surface area contributed by atoms with Gasteiger partial charge in [0, 0.05) is 19.7 Å². The van der Waals surface area contributed by atoms with E-state index in [1.54, 1.807) is 31.4 Å². The lowest BCUT2D eigenvalue weighted by Gasteiger charge is -2.09. The molecule has 2 heterocycles. The van der Waals surface area contributed by atoms with Crippen molar-refractivity contribution in [3.05, 3.63) is 69.3 Å². The predicted molar refractivity (Wildman–Crippen MR) is 115 cm³/mol. The molecule has 4 aromatic rings. The van der Waals surface area contributed by atoms with E-state index < -0.39 is 5.91 Å². The lowest BCUT2D eigenvalue weighted by molar-refractivity contribution is 0.0971. The number of rotatable bonds is 6. The van der Waals surface area contributed by atoms with Crippen LogP contribution in [0.4, 0.5) is 0 Å². The van der Waals surface area contributed by atoms with Crippen molar-refractivity contribution in [1.82, 2.24) is 4.57 Å². The van der Waals surface area contributed by atoms with Gasteiger partial charge in [0.05, 0.1) is 23.3 Å². The molecule has 0 aliphatic rings. The quantitative estimate of drug-likeness (QED) is 0.472. The summed E-state index contributed by atoms with van der Waals surface area (Å²) in [5.41, 5.74) is 0.927. The van der Waals surface area contributed by atoms with Crippen molar-refractivity contribution >= 4 is 38.4 Å². The highest BCUT2D eigenvalue weighted by atomic mass is 32.1. The van der Waals surface area contributed by atoms with Crippen LogP contribution < -0.4 is 15.0 Å². The molecule has 0 aliphatic carbocycles. The van der Waals surface area contributed by atoms with E-state index in [4.69, 9.17) is 13.9 Å². The van der Waals surface area contributed by atoms with Crippen molar-refractivity contribution in [3.8, 4) is 5.75 Å². The Labute approximate surface area is 175 Å². The SMILES string of the molecule is CCOc1cccc2sc(=NC(=O)c3cc(=O)c4ccccc4o3)n(CCOC)c12. The number of nitrogens with zero attached hydrogens (tertiary/aromatic N) is 2. The second-order valence-corrected chi connectivity index (χ2v) is 7.46. The van der Waals surface area contributed by atoms with E-state index in [1.165, 1.54) is 17.4 Å². The largest absolute Gasteiger partial charge is 0.492 e. The van der Waals surface area contributed by atoms with Crippen LogP contribution in [0.5, 0.6) is 5.75 Å². The fraction of sp³-hybridized carbons (Fsp3) is 0.227. The number of aromatic nitrogens is 1. The molecule has 0 atom stereocenters. The summed E-state index contributed by atoms with van der Waals surface area (Å²) in [6.45, 7) is 3.38. The van der Waals surface area contributed by atoms with Gasteiger partial charge >= 0.3 is 5.91 Å². The van der Waals surface area contributed by atoms with Gasteiger partial charge in [-0.15, -0.1) is 0 Å². The standard InChI is InChI=1S/C22H20N2O5S/c1-3-28-17-9-6-10-19-20(17)24(11-12-27-2)22(30-19)23-21(26)18-13-15(25)14-7-4-5-8-16(14)29-18/h4-10,13H,3,11-12H2,1-2H3. The number of carbonyl (C=O) groups excluding carboxylic acids is 1. The molecular formula is C22H20N2O5S. The summed E-state index contributed by atoms with van der Waals surface area (Å²) in [7, 11) is 1.62. The Morgan fingerprint density at radius 2 is 2.03 bits per heavy atom. The van der Waals surface area contributed by atoms with E-state index >= 15 is 0 Å². The van der Waals surface area contributed by atoms with Crippen molar-refractivity contribution in [2.24, 2.45) is 4.99 Å². The maximum Gasteiger partial charge on any atom is 0.315 e. The molecule has 30 heavy (non-hydrogen) atoms. The van der Waals surface area contributed by atoms with Crippen LogP contribution in [0, 0.1) is 0 Å². The molecule has 2 aromatic heterocycles. The smallest absolute Gasteiger partial charge is 0.315 e. The molecule has 0 radical (unpaired) electrons. The average Bonchev–Trinajstić information content (AvgIpc) is 3.10. The lowest BCUT2D eigenvalue weighted by Crippen LogP contribution is -2.20. The van der Waals surface area contributed by atoms with Crippen molar-refractivity contribution < 1.29 is 18.7 Å². The van der Waals surface area contributed by atoms with Crippen LogP contribution >= 0.6 is 11.3 Å². The molecule has 0 aliphatic heterocycles. The van der Waals surface area contributed by atoms with E-state index in [1.807, 2.05) is 29.7 Å². The third-order valence-corrected chi connectivity index (χ3v) is 5.57. The van der Waals surface area contributed by atoms with Gasteiger partial charge in [-0.25, -0.2) is 0 Å². The Bertz CT molecular complexity index is 1350. The van der Waals surface area contributed by atoms with E-state index in [-0.39, 0.29) is 11.2 Å². The molecule has 0 unspecified atom stereocenters. The van der Waals surface area contributed by atoms with Crippen LogP contribution in [0.25, 0.3) is 21.2 Å². The van der Waals surface area contributed by atoms with E-state index in [0.29, 0.717) is 41.3 Å². The molecule has 0 spiro atoms. The Morgan fingerprint density at radius 1 is 1.20 bits per heavy atom. The van der Waals surface area contributed by atoms with Crippen LogP contribution in [0.3, 0.4) is 0 Å². The Morgan fingerprint density at radius 3 is 2.83 bits per heavy atom. The number of methoxy groups -OCH3 is 1. The number of amides is 1. The molecule has 0 saturated heterocycles. The summed E-state index contributed by atoms with van der Waals surface area (Å²) in [5, 5.41) is 0.424. The number of fused-ring (bicyclic) bond motifs is 2. The number of hydrogen-bond donors (Lipinski definition) is 0. The fourth-order valence-corrected chi connectivity index (χ4v) is 4.27. The molecule has 0 fully saturated rings. The van der Waals surface area contributed by atoms with Crippen molar-refractivity contribution in [2.75, 3.05) is 20.3 Å². The molecule has 1 amide bonds. The van der Waals surface area contributed by atoms with Crippen LogP contribution in [0.15, 0.2) is 62.7 Å². The summed E-state index contributed by atoms with van der Waals surface area (Å²) >= 11 is 1.37. The molecular weight excluding hydrogens is 404 g/mol. The van der Waals surface area contributed by atoms with Crippen LogP contribution in [-0.2, 0) is 11.3 Å². The topological polar surface area (TPSA) is 83.0 Å². The van der Waals surface area contributed by atoms with Gasteiger partial charge in [0.2, 0.25) is 0 Å². The minimum absolute atomic E-state index is 0.0977. The number of benzene rings is 2. The summed E-state index contributed by atoms with van der Waals surface area (Å²) in [5.74, 6) is 0.00139. The average molecular weight is 424 g/mol. The van der Waals surface area contributed by atoms with Crippen LogP contribution in [0.2, 0.25) is 0 Å². The molecule has 0 saturated carbocycles. The lowest BCUT2D eigenvalue weighted by atomic mass is 10.2. The number of para-hydroxylation sites is 2. The summed E-state index contributed by atoms with van der Waals surface area (Å²) in [6, 6.07) is 13.7. The Kier molecular flexibility index (Phi) is 5.78. The first-order valence-corrected chi connectivity index (χ1v) is 10.3. The first-order chi connectivity index (χ1) is 14.6. The highest BCUT2D eigenvalue weighted by Gasteiger charge is 2.15. The second kappa shape index (κ2) is 8.64. The monoisotopic (exact) mass is 424 g/mol. The van der Waals surface area contributed by atoms with Gasteiger partial charge in [0.25, 0.3) is 0 Å². The van der Waals surface area contributed by atoms with E-state index in [0.717, 1.165) is 10.2 Å². The molecule has 2 aromatic carbocycles. The van der Waals surface area contributed by atoms with Gasteiger partial charge in [-0.1, -0.05) is 29.5 Å². The van der Waals surface area contributed by atoms with Crippen molar-refractivity contribution in [2.45, 2.75) is 13.5 Å².